The summed E-state index contributed by atoms with van der Waals surface area (Å²) in [6.45, 7) is 5.48. The summed E-state index contributed by atoms with van der Waals surface area (Å²) < 4.78 is 27.8. The highest BCUT2D eigenvalue weighted by Gasteiger charge is 2.06. The van der Waals surface area contributed by atoms with Gasteiger partial charge in [0, 0.05) is 0 Å². The van der Waals surface area contributed by atoms with Crippen LogP contribution in [-0.4, -0.2) is 6.61 Å². The lowest BCUT2D eigenvalue weighted by Gasteiger charge is -2.07. The maximum Gasteiger partial charge on any atom is 0.387 e. The number of benzene rings is 1. The van der Waals surface area contributed by atoms with Gasteiger partial charge in [0.1, 0.15) is 5.75 Å². The van der Waals surface area contributed by atoms with Crippen LogP contribution in [0.5, 0.6) is 5.75 Å². The number of hydrogen-bond donors (Lipinski definition) is 0. The van der Waals surface area contributed by atoms with Crippen molar-refractivity contribution in [1.82, 2.24) is 0 Å². The average Bonchev–Trinajstić information content (AvgIpc) is 2.08. The standard InChI is InChI=1S/C9H7F2NO/c1-6-5-7(12-2)3-4-8(6)13-9(10)11/h3-5,9H,1H3. The highest BCUT2D eigenvalue weighted by atomic mass is 19.3. The van der Waals surface area contributed by atoms with Gasteiger partial charge >= 0.3 is 6.61 Å². The maximum absolute atomic E-state index is 11.8. The third kappa shape index (κ3) is 2.41. The van der Waals surface area contributed by atoms with Gasteiger partial charge in [0.15, 0.2) is 5.69 Å². The van der Waals surface area contributed by atoms with Crippen molar-refractivity contribution in [2.75, 3.05) is 0 Å². The zero-order chi connectivity index (χ0) is 9.84. The molecule has 0 aromatic heterocycles. The van der Waals surface area contributed by atoms with Gasteiger partial charge in [-0.25, -0.2) is 4.85 Å². The number of rotatable bonds is 2. The van der Waals surface area contributed by atoms with Gasteiger partial charge in [0.25, 0.3) is 0 Å². The van der Waals surface area contributed by atoms with Crippen LogP contribution in [0.4, 0.5) is 14.5 Å². The Bertz CT molecular complexity index is 344. The molecule has 68 valence electrons. The fraction of sp³-hybridized carbons (Fsp3) is 0.222. The van der Waals surface area contributed by atoms with E-state index in [9.17, 15) is 8.78 Å². The van der Waals surface area contributed by atoms with Crippen molar-refractivity contribution in [3.05, 3.63) is 35.2 Å². The zero-order valence-corrected chi connectivity index (χ0v) is 6.92. The van der Waals surface area contributed by atoms with Crippen LogP contribution in [-0.2, 0) is 0 Å². The monoisotopic (exact) mass is 183 g/mol. The molecule has 0 aliphatic rings. The Labute approximate surface area is 74.6 Å². The van der Waals surface area contributed by atoms with Crippen LogP contribution in [0.2, 0.25) is 0 Å². The Hall–Kier alpha value is -1.63. The molecule has 0 unspecified atom stereocenters. The first-order valence-electron chi connectivity index (χ1n) is 3.56. The number of aryl methyl sites for hydroxylation is 1. The van der Waals surface area contributed by atoms with E-state index in [1.807, 2.05) is 0 Å². The predicted octanol–water partition coefficient (Wildman–Crippen LogP) is 3.15. The Morgan fingerprint density at radius 1 is 1.46 bits per heavy atom. The molecule has 0 heterocycles. The van der Waals surface area contributed by atoms with Crippen LogP contribution in [0.3, 0.4) is 0 Å². The molecule has 0 fully saturated rings. The lowest BCUT2D eigenvalue weighted by atomic mass is 10.2. The van der Waals surface area contributed by atoms with E-state index in [-0.39, 0.29) is 5.75 Å². The molecule has 0 spiro atoms. The zero-order valence-electron chi connectivity index (χ0n) is 6.92. The normalized spacial score (nSPS) is 9.77. The van der Waals surface area contributed by atoms with Gasteiger partial charge in [-0.05, 0) is 24.6 Å². The van der Waals surface area contributed by atoms with Crippen molar-refractivity contribution in [3.63, 3.8) is 0 Å². The molecule has 0 saturated carbocycles. The molecule has 0 aliphatic heterocycles. The summed E-state index contributed by atoms with van der Waals surface area (Å²) in [7, 11) is 0. The highest BCUT2D eigenvalue weighted by Crippen LogP contribution is 2.24. The van der Waals surface area contributed by atoms with Crippen molar-refractivity contribution in [1.29, 1.82) is 0 Å². The van der Waals surface area contributed by atoms with Crippen LogP contribution < -0.4 is 4.74 Å². The summed E-state index contributed by atoms with van der Waals surface area (Å²) in [6.07, 6.45) is 0. The van der Waals surface area contributed by atoms with Gasteiger partial charge in [-0.15, -0.1) is 0 Å². The SMILES string of the molecule is [C-]#[N+]c1ccc(OC(F)F)c(C)c1. The Kier molecular flexibility index (Phi) is 2.80. The molecule has 0 aliphatic carbocycles. The molecular weight excluding hydrogens is 176 g/mol. The lowest BCUT2D eigenvalue weighted by molar-refractivity contribution is -0.0502. The van der Waals surface area contributed by atoms with E-state index >= 15 is 0 Å². The molecule has 4 heteroatoms. The summed E-state index contributed by atoms with van der Waals surface area (Å²) in [5.41, 5.74) is 0.952. The van der Waals surface area contributed by atoms with Crippen molar-refractivity contribution in [2.45, 2.75) is 13.5 Å². The molecule has 0 saturated heterocycles. The van der Waals surface area contributed by atoms with E-state index in [0.717, 1.165) is 0 Å². The van der Waals surface area contributed by atoms with Crippen LogP contribution in [0.25, 0.3) is 4.85 Å². The summed E-state index contributed by atoms with van der Waals surface area (Å²) >= 11 is 0. The van der Waals surface area contributed by atoms with Crippen LogP contribution in [0.15, 0.2) is 18.2 Å². The second-order valence-corrected chi connectivity index (χ2v) is 2.44. The number of nitrogens with zero attached hydrogens (tertiary/aromatic N) is 1. The van der Waals surface area contributed by atoms with Crippen LogP contribution in [0.1, 0.15) is 5.56 Å². The minimum Gasteiger partial charge on any atom is -0.435 e. The molecule has 1 aromatic carbocycles. The second kappa shape index (κ2) is 3.85. The molecule has 1 rings (SSSR count). The molecular formula is C9H7F2NO. The van der Waals surface area contributed by atoms with Gasteiger partial charge in [0.05, 0.1) is 6.57 Å². The van der Waals surface area contributed by atoms with Gasteiger partial charge in [-0.3, -0.25) is 0 Å². The minimum absolute atomic E-state index is 0.113. The number of halogens is 2. The highest BCUT2D eigenvalue weighted by molar-refractivity contribution is 5.51. The van der Waals surface area contributed by atoms with Gasteiger partial charge in [-0.2, -0.15) is 8.78 Å². The molecule has 0 amide bonds. The summed E-state index contributed by atoms with van der Waals surface area (Å²) in [5.74, 6) is 0.113. The van der Waals surface area contributed by atoms with E-state index in [1.165, 1.54) is 18.2 Å². The fourth-order valence-corrected chi connectivity index (χ4v) is 0.931. The van der Waals surface area contributed by atoms with Crippen molar-refractivity contribution < 1.29 is 13.5 Å². The Morgan fingerprint density at radius 3 is 2.62 bits per heavy atom. The molecule has 0 atom stereocenters. The summed E-state index contributed by atoms with van der Waals surface area (Å²) in [6, 6.07) is 4.32. The molecule has 13 heavy (non-hydrogen) atoms. The first kappa shape index (κ1) is 9.46. The van der Waals surface area contributed by atoms with Crippen molar-refractivity contribution >= 4 is 5.69 Å². The number of alkyl halides is 2. The first-order chi connectivity index (χ1) is 6.13. The van der Waals surface area contributed by atoms with E-state index in [1.54, 1.807) is 6.92 Å². The third-order valence-electron chi connectivity index (χ3n) is 1.50. The lowest BCUT2D eigenvalue weighted by Crippen LogP contribution is -2.02. The fourth-order valence-electron chi connectivity index (χ4n) is 0.931. The summed E-state index contributed by atoms with van der Waals surface area (Å²) in [4.78, 5) is 3.16. The molecule has 0 radical (unpaired) electrons. The van der Waals surface area contributed by atoms with Crippen molar-refractivity contribution in [3.8, 4) is 5.75 Å². The molecule has 2 nitrogen and oxygen atoms in total. The van der Waals surface area contributed by atoms with Gasteiger partial charge in [-0.1, -0.05) is 6.07 Å². The predicted molar refractivity (Wildman–Crippen MR) is 44.1 cm³/mol. The van der Waals surface area contributed by atoms with E-state index in [4.69, 9.17) is 6.57 Å². The third-order valence-corrected chi connectivity index (χ3v) is 1.50. The van der Waals surface area contributed by atoms with Crippen LogP contribution >= 0.6 is 0 Å². The molecule has 0 bridgehead atoms. The molecule has 0 N–H and O–H groups in total. The van der Waals surface area contributed by atoms with E-state index in [2.05, 4.69) is 9.58 Å². The van der Waals surface area contributed by atoms with Gasteiger partial charge in [0.2, 0.25) is 0 Å². The van der Waals surface area contributed by atoms with Gasteiger partial charge < -0.3 is 4.74 Å². The Balaban J connectivity index is 2.93. The van der Waals surface area contributed by atoms with Crippen molar-refractivity contribution in [2.24, 2.45) is 0 Å². The average molecular weight is 183 g/mol. The van der Waals surface area contributed by atoms with E-state index < -0.39 is 6.61 Å². The first-order valence-corrected chi connectivity index (χ1v) is 3.56. The second-order valence-electron chi connectivity index (χ2n) is 2.44. The smallest absolute Gasteiger partial charge is 0.387 e. The quantitative estimate of drug-likeness (QED) is 0.642. The number of hydrogen-bond acceptors (Lipinski definition) is 1. The maximum atomic E-state index is 11.8. The topological polar surface area (TPSA) is 13.6 Å². The largest absolute Gasteiger partial charge is 0.435 e. The summed E-state index contributed by atoms with van der Waals surface area (Å²) in [5, 5.41) is 0. The molecule has 1 aromatic rings. The Morgan fingerprint density at radius 2 is 2.15 bits per heavy atom. The number of ether oxygens (including phenoxy) is 1. The minimum atomic E-state index is -2.82. The van der Waals surface area contributed by atoms with Crippen LogP contribution in [0, 0.1) is 13.5 Å². The van der Waals surface area contributed by atoms with E-state index in [0.29, 0.717) is 11.3 Å².